The number of hydrogen-bond donors (Lipinski definition) is 4. The molecule has 0 aliphatic heterocycles. The van der Waals surface area contributed by atoms with E-state index < -0.39 is 18.5 Å². The summed E-state index contributed by atoms with van der Waals surface area (Å²) in [4.78, 5) is 39.9. The molecule has 2 aromatic heterocycles. The van der Waals surface area contributed by atoms with E-state index >= 15 is 0 Å². The molecule has 5 N–H and O–H groups in total. The van der Waals surface area contributed by atoms with Gasteiger partial charge in [0.05, 0.1) is 16.9 Å². The van der Waals surface area contributed by atoms with Gasteiger partial charge in [-0.2, -0.15) is 0 Å². The number of carbonyl (C=O) groups is 3. The van der Waals surface area contributed by atoms with Crippen LogP contribution in [0.5, 0.6) is 5.75 Å². The summed E-state index contributed by atoms with van der Waals surface area (Å²) in [5.41, 5.74) is 7.98. The third-order valence-corrected chi connectivity index (χ3v) is 6.28. The molecule has 0 bridgehead atoms. The van der Waals surface area contributed by atoms with Crippen LogP contribution in [0.3, 0.4) is 0 Å². The van der Waals surface area contributed by atoms with Gasteiger partial charge in [-0.25, -0.2) is 4.79 Å². The summed E-state index contributed by atoms with van der Waals surface area (Å²) in [6.07, 6.45) is 3.02. The summed E-state index contributed by atoms with van der Waals surface area (Å²) in [5, 5.41) is 17.4. The molecule has 2 heterocycles. The van der Waals surface area contributed by atoms with Gasteiger partial charge in [0.15, 0.2) is 6.61 Å². The van der Waals surface area contributed by atoms with E-state index in [1.165, 1.54) is 17.5 Å². The van der Waals surface area contributed by atoms with Gasteiger partial charge in [0.1, 0.15) is 12.4 Å². The number of nitrogens with one attached hydrogen (secondary N) is 2. The zero-order valence-corrected chi connectivity index (χ0v) is 20.4. The average Bonchev–Trinajstić information content (AvgIpc) is 3.33. The fourth-order valence-corrected chi connectivity index (χ4v) is 4.47. The molecular weight excluding hydrogens is 496 g/mol. The van der Waals surface area contributed by atoms with Crippen LogP contribution in [0, 0.1) is 0 Å². The Bertz CT molecular complexity index is 1420. The molecule has 0 aliphatic rings. The Hall–Kier alpha value is -4.48. The van der Waals surface area contributed by atoms with Crippen molar-refractivity contribution in [3.05, 3.63) is 83.0 Å². The van der Waals surface area contributed by atoms with Crippen LogP contribution >= 0.6 is 11.3 Å². The molecule has 0 spiro atoms. The molecule has 0 atom stereocenters. The number of nitrogens with two attached hydrogens (primary N) is 1. The van der Waals surface area contributed by atoms with Gasteiger partial charge in [-0.1, -0.05) is 6.07 Å². The maximum atomic E-state index is 12.6. The Kier molecular flexibility index (Phi) is 8.29. The number of fused-ring (bicyclic) bond motifs is 1. The van der Waals surface area contributed by atoms with E-state index in [0.717, 1.165) is 16.6 Å². The highest BCUT2D eigenvalue weighted by Crippen LogP contribution is 2.30. The third-order valence-electron chi connectivity index (χ3n) is 5.20. The van der Waals surface area contributed by atoms with Crippen molar-refractivity contribution in [1.29, 1.82) is 0 Å². The number of esters is 1. The van der Waals surface area contributed by atoms with Gasteiger partial charge in [0.2, 0.25) is 0 Å². The van der Waals surface area contributed by atoms with Gasteiger partial charge >= 0.3 is 5.97 Å². The van der Waals surface area contributed by atoms with E-state index in [4.69, 9.17) is 20.3 Å². The number of aliphatic hydroxyl groups excluding tert-OH is 1. The van der Waals surface area contributed by atoms with Gasteiger partial charge in [-0.3, -0.25) is 14.6 Å². The zero-order chi connectivity index (χ0) is 26.2. The first-order chi connectivity index (χ1) is 17.9. The molecule has 4 aromatic rings. The van der Waals surface area contributed by atoms with Crippen LogP contribution in [-0.4, -0.2) is 47.6 Å². The number of thiophene rings is 1. The summed E-state index contributed by atoms with van der Waals surface area (Å²) in [7, 11) is 0. The molecule has 190 valence electrons. The average molecular weight is 521 g/mol. The normalized spacial score (nSPS) is 10.6. The SMILES string of the molecule is NC(=O)COC(=O)c1cncc2c(COc3cccc(NC(=O)c4ccc(NCCO)cc4)c3)csc12. The largest absolute Gasteiger partial charge is 0.489 e. The van der Waals surface area contributed by atoms with Crippen molar-refractivity contribution in [1.82, 2.24) is 4.98 Å². The number of ether oxygens (including phenoxy) is 2. The standard InChI is InChI=1S/C26H24N4O6S/c27-23(32)14-36-26(34)22-12-28-11-21-17(15-37-24(21)22)13-35-20-3-1-2-19(10-20)30-25(33)16-4-6-18(7-5-16)29-8-9-31/h1-7,10-12,15,29,31H,8-9,13-14H2,(H2,27,32)(H,30,33). The van der Waals surface area contributed by atoms with Crippen molar-refractivity contribution in [2.24, 2.45) is 5.73 Å². The second kappa shape index (κ2) is 12.0. The Labute approximate surface area is 216 Å². The number of nitrogens with zero attached hydrogens (tertiary/aromatic N) is 1. The van der Waals surface area contributed by atoms with Crippen molar-refractivity contribution >= 4 is 50.6 Å². The number of aromatic nitrogens is 1. The van der Waals surface area contributed by atoms with Crippen molar-refractivity contribution in [2.45, 2.75) is 6.61 Å². The van der Waals surface area contributed by atoms with Gasteiger partial charge in [0, 0.05) is 52.9 Å². The Morgan fingerprint density at radius 3 is 2.62 bits per heavy atom. The predicted molar refractivity (Wildman–Crippen MR) is 140 cm³/mol. The van der Waals surface area contributed by atoms with Crippen LogP contribution in [-0.2, 0) is 16.1 Å². The van der Waals surface area contributed by atoms with E-state index in [-0.39, 0.29) is 24.7 Å². The van der Waals surface area contributed by atoms with Crippen LogP contribution in [0.25, 0.3) is 10.1 Å². The molecule has 0 fully saturated rings. The topological polar surface area (TPSA) is 153 Å². The van der Waals surface area contributed by atoms with Crippen LogP contribution in [0.15, 0.2) is 66.3 Å². The summed E-state index contributed by atoms with van der Waals surface area (Å²) in [6.45, 7) is 0.159. The lowest BCUT2D eigenvalue weighted by molar-refractivity contribution is -0.121. The second-order valence-corrected chi connectivity index (χ2v) is 8.75. The van der Waals surface area contributed by atoms with Crippen molar-refractivity contribution in [3.63, 3.8) is 0 Å². The lowest BCUT2D eigenvalue weighted by atomic mass is 10.2. The first-order valence-electron chi connectivity index (χ1n) is 11.2. The summed E-state index contributed by atoms with van der Waals surface area (Å²) in [5.74, 6) is -1.13. The number of anilines is 2. The highest BCUT2D eigenvalue weighted by atomic mass is 32.1. The molecule has 0 unspecified atom stereocenters. The first kappa shape index (κ1) is 25.6. The number of primary amides is 1. The Morgan fingerprint density at radius 1 is 1.05 bits per heavy atom. The number of benzene rings is 2. The molecule has 0 saturated heterocycles. The van der Waals surface area contributed by atoms with Gasteiger partial charge in [0.25, 0.3) is 11.8 Å². The number of rotatable bonds is 11. The Morgan fingerprint density at radius 2 is 1.86 bits per heavy atom. The van der Waals surface area contributed by atoms with Crippen LogP contribution in [0.2, 0.25) is 0 Å². The minimum atomic E-state index is -0.739. The molecule has 2 amide bonds. The van der Waals surface area contributed by atoms with E-state index in [1.807, 2.05) is 5.38 Å². The van der Waals surface area contributed by atoms with Crippen LogP contribution in [0.1, 0.15) is 26.3 Å². The van der Waals surface area contributed by atoms with E-state index in [2.05, 4.69) is 15.6 Å². The predicted octanol–water partition coefficient (Wildman–Crippen LogP) is 3.17. The van der Waals surface area contributed by atoms with Crippen LogP contribution < -0.4 is 21.1 Å². The third kappa shape index (κ3) is 6.60. The van der Waals surface area contributed by atoms with E-state index in [1.54, 1.807) is 54.7 Å². The summed E-state index contributed by atoms with van der Waals surface area (Å²) >= 11 is 1.34. The number of pyridine rings is 1. The molecule has 0 saturated carbocycles. The maximum Gasteiger partial charge on any atom is 0.341 e. The number of carbonyl (C=O) groups excluding carboxylic acids is 3. The maximum absolute atomic E-state index is 12.6. The molecule has 0 radical (unpaired) electrons. The molecule has 37 heavy (non-hydrogen) atoms. The fourth-order valence-electron chi connectivity index (χ4n) is 3.44. The molecule has 4 rings (SSSR count). The first-order valence-corrected chi connectivity index (χ1v) is 12.1. The van der Waals surface area contributed by atoms with Gasteiger partial charge in [-0.05, 0) is 41.8 Å². The van der Waals surface area contributed by atoms with Crippen molar-refractivity contribution in [3.8, 4) is 5.75 Å². The number of amides is 2. The number of aliphatic hydroxyl groups is 1. The van der Waals surface area contributed by atoms with E-state index in [9.17, 15) is 14.4 Å². The highest BCUT2D eigenvalue weighted by Gasteiger charge is 2.17. The van der Waals surface area contributed by atoms with Gasteiger partial charge in [-0.15, -0.1) is 11.3 Å². The lowest BCUT2D eigenvalue weighted by Crippen LogP contribution is -2.21. The van der Waals surface area contributed by atoms with E-state index in [0.29, 0.717) is 28.2 Å². The monoisotopic (exact) mass is 520 g/mol. The molecule has 0 aliphatic carbocycles. The quantitative estimate of drug-likeness (QED) is 0.220. The smallest absolute Gasteiger partial charge is 0.341 e. The van der Waals surface area contributed by atoms with Gasteiger partial charge < -0.3 is 30.9 Å². The lowest BCUT2D eigenvalue weighted by Gasteiger charge is -2.10. The number of hydrogen-bond acceptors (Lipinski definition) is 9. The minimum absolute atomic E-state index is 0.0221. The zero-order valence-electron chi connectivity index (χ0n) is 19.6. The molecule has 2 aromatic carbocycles. The Balaban J connectivity index is 1.40. The second-order valence-electron chi connectivity index (χ2n) is 7.87. The molecular formula is C26H24N4O6S. The summed E-state index contributed by atoms with van der Waals surface area (Å²) in [6, 6.07) is 14.0. The molecule has 11 heteroatoms. The summed E-state index contributed by atoms with van der Waals surface area (Å²) < 4.78 is 11.5. The minimum Gasteiger partial charge on any atom is -0.489 e. The van der Waals surface area contributed by atoms with Crippen molar-refractivity contribution < 1.29 is 29.0 Å². The molecule has 10 nitrogen and oxygen atoms in total. The fraction of sp³-hybridized carbons (Fsp3) is 0.154. The van der Waals surface area contributed by atoms with Crippen LogP contribution in [0.4, 0.5) is 11.4 Å². The highest BCUT2D eigenvalue weighted by molar-refractivity contribution is 7.17. The van der Waals surface area contributed by atoms with Crippen molar-refractivity contribution in [2.75, 3.05) is 30.4 Å².